The Morgan fingerprint density at radius 2 is 1.76 bits per heavy atom. The van der Waals surface area contributed by atoms with Crippen molar-refractivity contribution in [1.82, 2.24) is 5.32 Å². The molecular weight excluding hydrogens is 272 g/mol. The molecule has 0 radical (unpaired) electrons. The highest BCUT2D eigenvalue weighted by Gasteiger charge is 2.15. The molecule has 2 nitrogen and oxygen atoms in total. The molecular formula is C17H19F2NO. The number of nitrogens with one attached hydrogen (secondary N) is 1. The second kappa shape index (κ2) is 7.18. The maximum Gasteiger partial charge on any atom is 0.126 e. The molecule has 0 spiro atoms. The van der Waals surface area contributed by atoms with Crippen molar-refractivity contribution < 1.29 is 13.5 Å². The lowest BCUT2D eigenvalue weighted by Crippen LogP contribution is -2.23. The summed E-state index contributed by atoms with van der Waals surface area (Å²) < 4.78 is 32.2. The molecule has 0 saturated heterocycles. The van der Waals surface area contributed by atoms with Gasteiger partial charge in [-0.3, -0.25) is 0 Å². The second-order valence-corrected chi connectivity index (χ2v) is 4.83. The van der Waals surface area contributed by atoms with Gasteiger partial charge in [0, 0.05) is 12.1 Å². The standard InChI is InChI=1S/C17H19F2NO/c1-3-20-16(13-8-14(18)11-15(19)9-13)10-12-6-4-5-7-17(12)21-2/h4-9,11,16,20H,3,10H2,1-2H3. The predicted molar refractivity (Wildman–Crippen MR) is 79.5 cm³/mol. The molecule has 1 N–H and O–H groups in total. The van der Waals surface area contributed by atoms with Gasteiger partial charge in [0.25, 0.3) is 0 Å². The Morgan fingerprint density at radius 3 is 2.38 bits per heavy atom. The number of rotatable bonds is 6. The smallest absolute Gasteiger partial charge is 0.126 e. The summed E-state index contributed by atoms with van der Waals surface area (Å²) in [6, 6.07) is 11.1. The van der Waals surface area contributed by atoms with Crippen LogP contribution >= 0.6 is 0 Å². The highest BCUT2D eigenvalue weighted by Crippen LogP contribution is 2.25. The van der Waals surface area contributed by atoms with Crippen LogP contribution in [0.2, 0.25) is 0 Å². The van der Waals surface area contributed by atoms with E-state index < -0.39 is 11.6 Å². The molecule has 4 heteroatoms. The molecule has 2 aromatic carbocycles. The van der Waals surface area contributed by atoms with E-state index in [0.29, 0.717) is 18.5 Å². The maximum atomic E-state index is 13.4. The van der Waals surface area contributed by atoms with E-state index in [1.807, 2.05) is 31.2 Å². The van der Waals surface area contributed by atoms with Gasteiger partial charge in [-0.25, -0.2) is 8.78 Å². The van der Waals surface area contributed by atoms with Crippen LogP contribution in [0.25, 0.3) is 0 Å². The monoisotopic (exact) mass is 291 g/mol. The molecule has 0 fully saturated rings. The lowest BCUT2D eigenvalue weighted by atomic mass is 9.98. The van der Waals surface area contributed by atoms with E-state index in [9.17, 15) is 8.78 Å². The van der Waals surface area contributed by atoms with Gasteiger partial charge >= 0.3 is 0 Å². The van der Waals surface area contributed by atoms with Crippen molar-refractivity contribution >= 4 is 0 Å². The Labute approximate surface area is 123 Å². The minimum absolute atomic E-state index is 0.170. The molecule has 2 rings (SSSR count). The lowest BCUT2D eigenvalue weighted by Gasteiger charge is -2.20. The predicted octanol–water partition coefficient (Wildman–Crippen LogP) is 3.87. The molecule has 0 aliphatic rings. The fourth-order valence-electron chi connectivity index (χ4n) is 2.42. The Kier molecular flexibility index (Phi) is 5.28. The van der Waals surface area contributed by atoms with Crippen LogP contribution in [0.5, 0.6) is 5.75 Å². The zero-order valence-corrected chi connectivity index (χ0v) is 12.2. The van der Waals surface area contributed by atoms with Crippen molar-refractivity contribution in [2.75, 3.05) is 13.7 Å². The van der Waals surface area contributed by atoms with Gasteiger partial charge in [-0.2, -0.15) is 0 Å². The summed E-state index contributed by atoms with van der Waals surface area (Å²) >= 11 is 0. The molecule has 0 aromatic heterocycles. The quantitative estimate of drug-likeness (QED) is 0.872. The first-order valence-corrected chi connectivity index (χ1v) is 6.95. The van der Waals surface area contributed by atoms with Crippen LogP contribution in [0.4, 0.5) is 8.78 Å². The molecule has 1 unspecified atom stereocenters. The van der Waals surface area contributed by atoms with Crippen molar-refractivity contribution in [2.45, 2.75) is 19.4 Å². The van der Waals surface area contributed by atoms with Crippen molar-refractivity contribution in [3.63, 3.8) is 0 Å². The Hall–Kier alpha value is -1.94. The summed E-state index contributed by atoms with van der Waals surface area (Å²) in [5, 5.41) is 3.26. The number of ether oxygens (including phenoxy) is 1. The van der Waals surface area contributed by atoms with E-state index in [1.54, 1.807) is 7.11 Å². The number of halogens is 2. The third-order valence-electron chi connectivity index (χ3n) is 3.35. The summed E-state index contributed by atoms with van der Waals surface area (Å²) in [7, 11) is 1.61. The van der Waals surface area contributed by atoms with Crippen LogP contribution in [0.1, 0.15) is 24.1 Å². The van der Waals surface area contributed by atoms with E-state index >= 15 is 0 Å². The van der Waals surface area contributed by atoms with Crippen LogP contribution in [-0.4, -0.2) is 13.7 Å². The molecule has 0 amide bonds. The summed E-state index contributed by atoms with van der Waals surface area (Å²) in [5.41, 5.74) is 1.59. The van der Waals surface area contributed by atoms with Crippen molar-refractivity contribution in [1.29, 1.82) is 0 Å². The molecule has 0 aliphatic heterocycles. The summed E-state index contributed by atoms with van der Waals surface area (Å²) in [6.07, 6.45) is 0.598. The largest absolute Gasteiger partial charge is 0.496 e. The van der Waals surface area contributed by atoms with E-state index in [-0.39, 0.29) is 6.04 Å². The van der Waals surface area contributed by atoms with Crippen LogP contribution < -0.4 is 10.1 Å². The zero-order valence-electron chi connectivity index (χ0n) is 12.2. The van der Waals surface area contributed by atoms with Gasteiger partial charge in [0.05, 0.1) is 7.11 Å². The number of benzene rings is 2. The molecule has 1 atom stereocenters. The fraction of sp³-hybridized carbons (Fsp3) is 0.294. The minimum atomic E-state index is -0.562. The van der Waals surface area contributed by atoms with Crippen molar-refractivity contribution in [2.24, 2.45) is 0 Å². The zero-order chi connectivity index (χ0) is 15.2. The Morgan fingerprint density at radius 1 is 1.10 bits per heavy atom. The first-order chi connectivity index (χ1) is 10.1. The number of hydrogen-bond acceptors (Lipinski definition) is 2. The van der Waals surface area contributed by atoms with E-state index in [4.69, 9.17) is 4.74 Å². The summed E-state index contributed by atoms with van der Waals surface area (Å²) in [4.78, 5) is 0. The second-order valence-electron chi connectivity index (χ2n) is 4.83. The van der Waals surface area contributed by atoms with Gasteiger partial charge < -0.3 is 10.1 Å². The van der Waals surface area contributed by atoms with Crippen molar-refractivity contribution in [3.8, 4) is 5.75 Å². The third kappa shape index (κ3) is 4.02. The van der Waals surface area contributed by atoms with E-state index in [1.165, 1.54) is 12.1 Å². The molecule has 0 bridgehead atoms. The highest BCUT2D eigenvalue weighted by molar-refractivity contribution is 5.35. The first kappa shape index (κ1) is 15.4. The van der Waals surface area contributed by atoms with Gasteiger partial charge in [-0.15, -0.1) is 0 Å². The molecule has 2 aromatic rings. The number of hydrogen-bond donors (Lipinski definition) is 1. The summed E-state index contributed by atoms with van der Waals surface area (Å²) in [5.74, 6) is -0.349. The number of likely N-dealkylation sites (N-methyl/N-ethyl adjacent to an activating group) is 1. The lowest BCUT2D eigenvalue weighted by molar-refractivity contribution is 0.405. The SMILES string of the molecule is CCNC(Cc1ccccc1OC)c1cc(F)cc(F)c1. The van der Waals surface area contributed by atoms with Gasteiger partial charge in [-0.1, -0.05) is 25.1 Å². The number of para-hydroxylation sites is 1. The van der Waals surface area contributed by atoms with Gasteiger partial charge in [-0.05, 0) is 42.3 Å². The highest BCUT2D eigenvalue weighted by atomic mass is 19.1. The molecule has 0 saturated carbocycles. The molecule has 0 heterocycles. The van der Waals surface area contributed by atoms with E-state index in [2.05, 4.69) is 5.32 Å². The van der Waals surface area contributed by atoms with Crippen molar-refractivity contribution in [3.05, 3.63) is 65.2 Å². The normalized spacial score (nSPS) is 12.2. The summed E-state index contributed by atoms with van der Waals surface area (Å²) in [6.45, 7) is 2.67. The average molecular weight is 291 g/mol. The van der Waals surface area contributed by atoms with Crippen LogP contribution in [0.3, 0.4) is 0 Å². The Balaban J connectivity index is 2.30. The van der Waals surface area contributed by atoms with Gasteiger partial charge in [0.15, 0.2) is 0 Å². The maximum absolute atomic E-state index is 13.4. The topological polar surface area (TPSA) is 21.3 Å². The molecule has 21 heavy (non-hydrogen) atoms. The Bertz CT molecular complexity index is 581. The molecule has 112 valence electrons. The van der Waals surface area contributed by atoms with E-state index in [0.717, 1.165) is 17.4 Å². The molecule has 0 aliphatic carbocycles. The van der Waals surface area contributed by atoms with Gasteiger partial charge in [0.2, 0.25) is 0 Å². The first-order valence-electron chi connectivity index (χ1n) is 6.95. The van der Waals surface area contributed by atoms with Gasteiger partial charge in [0.1, 0.15) is 17.4 Å². The number of methoxy groups -OCH3 is 1. The fourth-order valence-corrected chi connectivity index (χ4v) is 2.42. The van der Waals surface area contributed by atoms with Crippen LogP contribution in [0, 0.1) is 11.6 Å². The third-order valence-corrected chi connectivity index (χ3v) is 3.35. The average Bonchev–Trinajstić information content (AvgIpc) is 2.46. The van der Waals surface area contributed by atoms with Crippen LogP contribution in [-0.2, 0) is 6.42 Å². The van der Waals surface area contributed by atoms with Crippen LogP contribution in [0.15, 0.2) is 42.5 Å². The minimum Gasteiger partial charge on any atom is -0.496 e.